The molecule has 0 amide bonds. The molecule has 0 heteroatoms. The highest BCUT2D eigenvalue weighted by Gasteiger charge is 2.46. The molecule has 92 valence electrons. The number of allylic oxidation sites excluding steroid dienone is 4. The summed E-state index contributed by atoms with van der Waals surface area (Å²) in [4.78, 5) is 0. The summed E-state index contributed by atoms with van der Waals surface area (Å²) in [5, 5.41) is 0. The smallest absolute Gasteiger partial charge is 0.00530 e. The molecule has 5 unspecified atom stereocenters. The zero-order chi connectivity index (χ0) is 11.7. The van der Waals surface area contributed by atoms with Crippen LogP contribution in [-0.4, -0.2) is 0 Å². The summed E-state index contributed by atoms with van der Waals surface area (Å²) in [5.74, 6) is 4.09. The molecule has 2 radical (unpaired) electrons. The van der Waals surface area contributed by atoms with E-state index in [-0.39, 0.29) is 0 Å². The Hall–Kier alpha value is -0.520. The fourth-order valence-electron chi connectivity index (χ4n) is 4.23. The first kappa shape index (κ1) is 11.6. The normalized spacial score (nSPS) is 43.5. The van der Waals surface area contributed by atoms with E-state index in [0.717, 1.165) is 23.7 Å². The third kappa shape index (κ3) is 2.11. The minimum Gasteiger partial charge on any atom is -0.0805 e. The summed E-state index contributed by atoms with van der Waals surface area (Å²) >= 11 is 0. The summed E-state index contributed by atoms with van der Waals surface area (Å²) in [5.41, 5.74) is 0. The van der Waals surface area contributed by atoms with E-state index in [1.54, 1.807) is 0 Å². The van der Waals surface area contributed by atoms with Crippen molar-refractivity contribution in [2.24, 2.45) is 29.6 Å². The predicted molar refractivity (Wildman–Crippen MR) is 72.3 cm³/mol. The van der Waals surface area contributed by atoms with Gasteiger partial charge >= 0.3 is 0 Å². The van der Waals surface area contributed by atoms with Crippen molar-refractivity contribution < 1.29 is 0 Å². The maximum Gasteiger partial charge on any atom is -0.00530 e. The highest BCUT2D eigenvalue weighted by atomic mass is 14.5. The monoisotopic (exact) mass is 228 g/mol. The molecule has 0 heterocycles. The van der Waals surface area contributed by atoms with Gasteiger partial charge in [-0.2, -0.15) is 0 Å². The minimum absolute atomic E-state index is 0.636. The molecule has 0 saturated heterocycles. The Morgan fingerprint density at radius 3 is 2.94 bits per heavy atom. The molecule has 17 heavy (non-hydrogen) atoms. The Balaban J connectivity index is 1.72. The van der Waals surface area contributed by atoms with Crippen molar-refractivity contribution in [1.29, 1.82) is 0 Å². The van der Waals surface area contributed by atoms with Crippen molar-refractivity contribution in [2.75, 3.05) is 0 Å². The van der Waals surface area contributed by atoms with Crippen LogP contribution in [-0.2, 0) is 0 Å². The second-order valence-electron chi connectivity index (χ2n) is 6.06. The van der Waals surface area contributed by atoms with Crippen LogP contribution in [0.4, 0.5) is 0 Å². The van der Waals surface area contributed by atoms with E-state index in [1.807, 2.05) is 0 Å². The lowest BCUT2D eigenvalue weighted by atomic mass is 9.70. The topological polar surface area (TPSA) is 0 Å². The summed E-state index contributed by atoms with van der Waals surface area (Å²) < 4.78 is 0. The molecule has 0 spiro atoms. The van der Waals surface area contributed by atoms with Gasteiger partial charge in [0.1, 0.15) is 0 Å². The number of hydrogen-bond donors (Lipinski definition) is 0. The van der Waals surface area contributed by atoms with Gasteiger partial charge in [-0.3, -0.25) is 0 Å². The summed E-state index contributed by atoms with van der Waals surface area (Å²) in [6.07, 6.45) is 21.8. The van der Waals surface area contributed by atoms with E-state index in [0.29, 0.717) is 5.92 Å². The molecule has 0 aliphatic heterocycles. The van der Waals surface area contributed by atoms with E-state index < -0.39 is 0 Å². The Morgan fingerprint density at radius 2 is 2.06 bits per heavy atom. The van der Waals surface area contributed by atoms with Gasteiger partial charge in [-0.1, -0.05) is 63.3 Å². The van der Waals surface area contributed by atoms with Crippen molar-refractivity contribution in [2.45, 2.75) is 45.4 Å². The SMILES string of the molecule is CCCCC1CCCC2C1[C]C1C=CC=CC12. The van der Waals surface area contributed by atoms with Gasteiger partial charge in [0, 0.05) is 0 Å². The minimum atomic E-state index is 0.636. The second-order valence-corrected chi connectivity index (χ2v) is 6.06. The van der Waals surface area contributed by atoms with E-state index in [9.17, 15) is 0 Å². The molecule has 0 aromatic carbocycles. The van der Waals surface area contributed by atoms with Crippen molar-refractivity contribution in [3.63, 3.8) is 0 Å². The van der Waals surface area contributed by atoms with Gasteiger partial charge in [-0.15, -0.1) is 0 Å². The molecule has 3 rings (SSSR count). The standard InChI is InChI=1S/C17H24/c1-2-3-7-13-9-6-11-16-15-10-5-4-8-14(15)12-17(13)16/h4-5,8,10,13-17H,2-3,6-7,9,11H2,1H3. The molecular weight excluding hydrogens is 204 g/mol. The van der Waals surface area contributed by atoms with Crippen molar-refractivity contribution in [3.05, 3.63) is 30.7 Å². The fraction of sp³-hybridized carbons (Fsp3) is 0.706. The fourth-order valence-corrected chi connectivity index (χ4v) is 4.23. The average Bonchev–Trinajstić information content (AvgIpc) is 2.75. The van der Waals surface area contributed by atoms with Crippen LogP contribution in [0.1, 0.15) is 45.4 Å². The quantitative estimate of drug-likeness (QED) is 0.659. The molecule has 0 aromatic heterocycles. The Kier molecular flexibility index (Phi) is 3.40. The van der Waals surface area contributed by atoms with Crippen LogP contribution < -0.4 is 0 Å². The number of fused-ring (bicyclic) bond motifs is 3. The first-order valence-corrected chi connectivity index (χ1v) is 7.51. The van der Waals surface area contributed by atoms with E-state index in [1.165, 1.54) is 38.5 Å². The number of rotatable bonds is 3. The first-order chi connectivity index (χ1) is 8.40. The van der Waals surface area contributed by atoms with Crippen LogP contribution >= 0.6 is 0 Å². The van der Waals surface area contributed by atoms with Gasteiger partial charge in [0.25, 0.3) is 0 Å². The lowest BCUT2D eigenvalue weighted by Gasteiger charge is -2.35. The molecule has 2 fully saturated rings. The Morgan fingerprint density at radius 1 is 1.18 bits per heavy atom. The van der Waals surface area contributed by atoms with Gasteiger partial charge in [-0.25, -0.2) is 0 Å². The van der Waals surface area contributed by atoms with Crippen molar-refractivity contribution >= 4 is 0 Å². The maximum absolute atomic E-state index is 3.92. The van der Waals surface area contributed by atoms with Crippen LogP contribution in [0.15, 0.2) is 24.3 Å². The predicted octanol–water partition coefficient (Wildman–Crippen LogP) is 4.66. The van der Waals surface area contributed by atoms with Crippen LogP contribution in [0, 0.1) is 36.0 Å². The van der Waals surface area contributed by atoms with Gasteiger partial charge in [-0.05, 0) is 42.4 Å². The lowest BCUT2D eigenvalue weighted by Crippen LogP contribution is -2.27. The highest BCUT2D eigenvalue weighted by molar-refractivity contribution is 5.23. The van der Waals surface area contributed by atoms with Crippen molar-refractivity contribution in [1.82, 2.24) is 0 Å². The zero-order valence-electron chi connectivity index (χ0n) is 10.9. The Bertz CT molecular complexity index is 312. The van der Waals surface area contributed by atoms with Crippen LogP contribution in [0.25, 0.3) is 0 Å². The third-order valence-electron chi connectivity index (χ3n) is 5.07. The average molecular weight is 228 g/mol. The molecule has 3 aliphatic carbocycles. The molecule has 5 atom stereocenters. The third-order valence-corrected chi connectivity index (χ3v) is 5.07. The maximum atomic E-state index is 3.92. The van der Waals surface area contributed by atoms with Gasteiger partial charge in [0.05, 0.1) is 0 Å². The van der Waals surface area contributed by atoms with E-state index in [4.69, 9.17) is 0 Å². The van der Waals surface area contributed by atoms with Gasteiger partial charge in [0.2, 0.25) is 0 Å². The molecule has 0 aromatic rings. The second kappa shape index (κ2) is 5.00. The summed E-state index contributed by atoms with van der Waals surface area (Å²) in [6.45, 7) is 2.31. The number of unbranched alkanes of at least 4 members (excludes halogenated alkanes) is 1. The van der Waals surface area contributed by atoms with E-state index in [2.05, 4.69) is 37.6 Å². The Labute approximate surface area is 106 Å². The lowest BCUT2D eigenvalue weighted by molar-refractivity contribution is 0.171. The summed E-state index contributed by atoms with van der Waals surface area (Å²) in [7, 11) is 0. The highest BCUT2D eigenvalue weighted by Crippen LogP contribution is 2.53. The van der Waals surface area contributed by atoms with Crippen LogP contribution in [0.5, 0.6) is 0 Å². The van der Waals surface area contributed by atoms with Crippen LogP contribution in [0.2, 0.25) is 0 Å². The molecule has 2 saturated carbocycles. The molecule has 3 aliphatic rings. The van der Waals surface area contributed by atoms with E-state index >= 15 is 0 Å². The molecule has 0 bridgehead atoms. The molecule has 0 nitrogen and oxygen atoms in total. The molecular formula is C17H24. The largest absolute Gasteiger partial charge is 0.0805 e. The first-order valence-electron chi connectivity index (χ1n) is 7.51. The number of hydrogen-bond acceptors (Lipinski definition) is 0. The zero-order valence-corrected chi connectivity index (χ0v) is 10.9. The van der Waals surface area contributed by atoms with Crippen LogP contribution in [0.3, 0.4) is 0 Å². The van der Waals surface area contributed by atoms with Gasteiger partial charge in [0.15, 0.2) is 0 Å². The molecule has 0 N–H and O–H groups in total. The summed E-state index contributed by atoms with van der Waals surface area (Å²) in [6, 6.07) is 0. The van der Waals surface area contributed by atoms with Crippen molar-refractivity contribution in [3.8, 4) is 0 Å². The van der Waals surface area contributed by atoms with Gasteiger partial charge < -0.3 is 0 Å².